The fourth-order valence-corrected chi connectivity index (χ4v) is 4.37. The quantitative estimate of drug-likeness (QED) is 0.843. The molecule has 0 bridgehead atoms. The fourth-order valence-electron chi connectivity index (χ4n) is 4.37. The SMILES string of the molecule is CCC1C(=O)NC2(CCCC2)C(=O)N1C1CCCCC1. The third-order valence-corrected chi connectivity index (χ3v) is 5.46. The number of nitrogens with zero attached hydrogens (tertiary/aromatic N) is 1. The predicted molar refractivity (Wildman–Crippen MR) is 77.1 cm³/mol. The van der Waals surface area contributed by atoms with E-state index in [9.17, 15) is 9.59 Å². The molecule has 1 aliphatic heterocycles. The van der Waals surface area contributed by atoms with Crippen LogP contribution in [0, 0.1) is 0 Å². The molecule has 1 N–H and O–H groups in total. The summed E-state index contributed by atoms with van der Waals surface area (Å²) in [4.78, 5) is 27.5. The van der Waals surface area contributed by atoms with Gasteiger partial charge in [0.15, 0.2) is 0 Å². The largest absolute Gasteiger partial charge is 0.340 e. The van der Waals surface area contributed by atoms with E-state index in [2.05, 4.69) is 5.32 Å². The van der Waals surface area contributed by atoms with Crippen molar-refractivity contribution in [3.05, 3.63) is 0 Å². The third-order valence-electron chi connectivity index (χ3n) is 5.46. The highest BCUT2D eigenvalue weighted by molar-refractivity contribution is 6.00. The van der Waals surface area contributed by atoms with Crippen molar-refractivity contribution < 1.29 is 9.59 Å². The van der Waals surface area contributed by atoms with Crippen LogP contribution >= 0.6 is 0 Å². The minimum Gasteiger partial charge on any atom is -0.340 e. The van der Waals surface area contributed by atoms with Crippen LogP contribution in [-0.2, 0) is 9.59 Å². The molecule has 3 aliphatic rings. The lowest BCUT2D eigenvalue weighted by Gasteiger charge is -2.48. The maximum absolute atomic E-state index is 13.1. The van der Waals surface area contributed by atoms with Gasteiger partial charge in [-0.25, -0.2) is 0 Å². The Morgan fingerprint density at radius 2 is 1.75 bits per heavy atom. The average Bonchev–Trinajstić information content (AvgIpc) is 2.93. The van der Waals surface area contributed by atoms with Gasteiger partial charge < -0.3 is 10.2 Å². The van der Waals surface area contributed by atoms with Crippen LogP contribution in [0.25, 0.3) is 0 Å². The van der Waals surface area contributed by atoms with Gasteiger partial charge in [-0.15, -0.1) is 0 Å². The molecule has 1 heterocycles. The van der Waals surface area contributed by atoms with Crippen LogP contribution in [0.1, 0.15) is 71.1 Å². The van der Waals surface area contributed by atoms with E-state index in [1.54, 1.807) is 0 Å². The molecule has 2 amide bonds. The minimum absolute atomic E-state index is 0.0829. The van der Waals surface area contributed by atoms with E-state index in [0.717, 1.165) is 44.9 Å². The van der Waals surface area contributed by atoms with Crippen molar-refractivity contribution in [2.24, 2.45) is 0 Å². The molecule has 4 nitrogen and oxygen atoms in total. The lowest BCUT2D eigenvalue weighted by atomic mass is 9.85. The summed E-state index contributed by atoms with van der Waals surface area (Å²) in [5.74, 6) is 0.299. The summed E-state index contributed by atoms with van der Waals surface area (Å²) in [5, 5.41) is 3.08. The number of hydrogen-bond acceptors (Lipinski definition) is 2. The number of nitrogens with one attached hydrogen (secondary N) is 1. The summed E-state index contributed by atoms with van der Waals surface area (Å²) in [6.45, 7) is 2.01. The molecule has 2 saturated carbocycles. The molecule has 4 heteroatoms. The second-order valence-electron chi connectivity index (χ2n) is 6.71. The highest BCUT2D eigenvalue weighted by Crippen LogP contribution is 2.37. The Kier molecular flexibility index (Phi) is 3.74. The molecule has 0 radical (unpaired) electrons. The van der Waals surface area contributed by atoms with Crippen LogP contribution in [0.2, 0.25) is 0 Å². The highest BCUT2D eigenvalue weighted by Gasteiger charge is 2.53. The zero-order valence-corrected chi connectivity index (χ0v) is 12.5. The number of hydrogen-bond donors (Lipinski definition) is 1. The summed E-state index contributed by atoms with van der Waals surface area (Å²) in [7, 11) is 0. The molecular formula is C16H26N2O2. The van der Waals surface area contributed by atoms with E-state index in [4.69, 9.17) is 0 Å². The monoisotopic (exact) mass is 278 g/mol. The number of rotatable bonds is 2. The summed E-state index contributed by atoms with van der Waals surface area (Å²) in [5.41, 5.74) is -0.555. The molecule has 0 aromatic rings. The molecule has 1 saturated heterocycles. The Morgan fingerprint density at radius 3 is 2.35 bits per heavy atom. The minimum atomic E-state index is -0.555. The zero-order valence-electron chi connectivity index (χ0n) is 12.5. The lowest BCUT2D eigenvalue weighted by Crippen LogP contribution is -2.71. The van der Waals surface area contributed by atoms with Gasteiger partial charge in [0.1, 0.15) is 11.6 Å². The van der Waals surface area contributed by atoms with Crippen LogP contribution in [0.15, 0.2) is 0 Å². The maximum Gasteiger partial charge on any atom is 0.249 e. The van der Waals surface area contributed by atoms with Crippen LogP contribution in [0.4, 0.5) is 0 Å². The van der Waals surface area contributed by atoms with Gasteiger partial charge in [0.25, 0.3) is 0 Å². The molecule has 1 spiro atoms. The molecule has 1 atom stereocenters. The molecule has 3 fully saturated rings. The van der Waals surface area contributed by atoms with Gasteiger partial charge >= 0.3 is 0 Å². The maximum atomic E-state index is 13.1. The van der Waals surface area contributed by atoms with Gasteiger partial charge in [-0.3, -0.25) is 9.59 Å². The zero-order chi connectivity index (χ0) is 14.2. The first kappa shape index (κ1) is 13.9. The van der Waals surface area contributed by atoms with Crippen molar-refractivity contribution in [1.29, 1.82) is 0 Å². The first-order valence-electron chi connectivity index (χ1n) is 8.33. The van der Waals surface area contributed by atoms with Gasteiger partial charge in [0, 0.05) is 6.04 Å². The Morgan fingerprint density at radius 1 is 1.10 bits per heavy atom. The van der Waals surface area contributed by atoms with Crippen molar-refractivity contribution in [3.63, 3.8) is 0 Å². The fraction of sp³-hybridized carbons (Fsp3) is 0.875. The second kappa shape index (κ2) is 5.38. The van der Waals surface area contributed by atoms with E-state index in [-0.39, 0.29) is 17.9 Å². The molecule has 2 aliphatic carbocycles. The van der Waals surface area contributed by atoms with Crippen molar-refractivity contribution >= 4 is 11.8 Å². The first-order chi connectivity index (χ1) is 9.68. The standard InChI is InChI=1S/C16H26N2O2/c1-2-13-14(19)17-16(10-6-7-11-16)15(20)18(13)12-8-4-3-5-9-12/h12-13H,2-11H2,1H3,(H,17,19). The molecular weight excluding hydrogens is 252 g/mol. The third kappa shape index (κ3) is 2.13. The van der Waals surface area contributed by atoms with E-state index in [1.165, 1.54) is 19.3 Å². The highest BCUT2D eigenvalue weighted by atomic mass is 16.2. The number of carbonyl (C=O) groups is 2. The normalized spacial score (nSPS) is 30.9. The lowest BCUT2D eigenvalue weighted by molar-refractivity contribution is -0.158. The molecule has 112 valence electrons. The Labute approximate surface area is 121 Å². The summed E-state index contributed by atoms with van der Waals surface area (Å²) < 4.78 is 0. The number of amides is 2. The topological polar surface area (TPSA) is 49.4 Å². The first-order valence-corrected chi connectivity index (χ1v) is 8.33. The Hall–Kier alpha value is -1.06. The molecule has 0 aromatic carbocycles. The van der Waals surface area contributed by atoms with Gasteiger partial charge in [-0.05, 0) is 32.1 Å². The van der Waals surface area contributed by atoms with E-state index in [0.29, 0.717) is 6.04 Å². The Balaban J connectivity index is 1.89. The molecule has 3 rings (SSSR count). The van der Waals surface area contributed by atoms with Crippen LogP contribution in [0.3, 0.4) is 0 Å². The summed E-state index contributed by atoms with van der Waals surface area (Å²) >= 11 is 0. The number of carbonyl (C=O) groups excluding carboxylic acids is 2. The van der Waals surface area contributed by atoms with Crippen LogP contribution in [0.5, 0.6) is 0 Å². The summed E-state index contributed by atoms with van der Waals surface area (Å²) in [6, 6.07) is 0.0570. The molecule has 1 unspecified atom stereocenters. The smallest absolute Gasteiger partial charge is 0.249 e. The number of piperazine rings is 1. The van der Waals surface area contributed by atoms with Crippen molar-refractivity contribution in [2.75, 3.05) is 0 Å². The van der Waals surface area contributed by atoms with E-state index < -0.39 is 5.54 Å². The average molecular weight is 278 g/mol. The van der Waals surface area contributed by atoms with Gasteiger partial charge in [-0.1, -0.05) is 39.0 Å². The summed E-state index contributed by atoms with van der Waals surface area (Å²) in [6.07, 6.45) is 10.3. The van der Waals surface area contributed by atoms with Crippen LogP contribution < -0.4 is 5.32 Å². The van der Waals surface area contributed by atoms with E-state index in [1.807, 2.05) is 11.8 Å². The van der Waals surface area contributed by atoms with Crippen molar-refractivity contribution in [2.45, 2.75) is 88.8 Å². The van der Waals surface area contributed by atoms with Gasteiger partial charge in [-0.2, -0.15) is 0 Å². The van der Waals surface area contributed by atoms with E-state index >= 15 is 0 Å². The van der Waals surface area contributed by atoms with Gasteiger partial charge in [0.2, 0.25) is 11.8 Å². The molecule has 0 aromatic heterocycles. The van der Waals surface area contributed by atoms with Crippen molar-refractivity contribution in [1.82, 2.24) is 10.2 Å². The Bertz CT molecular complexity index is 395. The van der Waals surface area contributed by atoms with Crippen LogP contribution in [-0.4, -0.2) is 34.3 Å². The second-order valence-corrected chi connectivity index (χ2v) is 6.71. The predicted octanol–water partition coefficient (Wildman–Crippen LogP) is 2.37. The van der Waals surface area contributed by atoms with Gasteiger partial charge in [0.05, 0.1) is 0 Å². The van der Waals surface area contributed by atoms with Crippen molar-refractivity contribution in [3.8, 4) is 0 Å². The molecule has 20 heavy (non-hydrogen) atoms.